The first-order valence-corrected chi connectivity index (χ1v) is 9.58. The zero-order valence-electron chi connectivity index (χ0n) is 15.2. The summed E-state index contributed by atoms with van der Waals surface area (Å²) in [6, 6.07) is 0. The first-order chi connectivity index (χ1) is 12.2. The maximum Gasteiger partial charge on any atom is 0.315 e. The van der Waals surface area contributed by atoms with Gasteiger partial charge in [0.25, 0.3) is 0 Å². The Labute approximate surface area is 152 Å². The highest BCUT2D eigenvalue weighted by atomic mass is 16.6. The zero-order chi connectivity index (χ0) is 18.6. The molecule has 6 heteroatoms. The standard InChI is InChI=1S/C20H26O6/c1-9-10-6-11-13-19(7-10,15(9)22)17(24)26-12-4-5-18(2,3)14(16(23)25-11)20(12,13)8-21/h8,10-16,22-23H,1,4-7H2,2-3H3. The van der Waals surface area contributed by atoms with E-state index in [2.05, 4.69) is 6.58 Å². The second kappa shape index (κ2) is 4.78. The van der Waals surface area contributed by atoms with Crippen molar-refractivity contribution in [3.8, 4) is 0 Å². The Kier molecular flexibility index (Phi) is 3.10. The minimum atomic E-state index is -1.19. The smallest absolute Gasteiger partial charge is 0.315 e. The molecule has 5 aliphatic rings. The molecule has 3 aliphatic carbocycles. The number of ether oxygens (including phenoxy) is 2. The highest BCUT2D eigenvalue weighted by Gasteiger charge is 2.79. The van der Waals surface area contributed by atoms with Crippen LogP contribution in [-0.2, 0) is 19.1 Å². The van der Waals surface area contributed by atoms with Crippen molar-refractivity contribution in [3.63, 3.8) is 0 Å². The molecule has 2 N–H and O–H groups in total. The van der Waals surface area contributed by atoms with Crippen LogP contribution in [0.3, 0.4) is 0 Å². The molecular formula is C20H26O6. The van der Waals surface area contributed by atoms with E-state index in [0.717, 1.165) is 12.7 Å². The van der Waals surface area contributed by atoms with Crippen molar-refractivity contribution < 1.29 is 29.3 Å². The molecule has 2 saturated heterocycles. The number of rotatable bonds is 1. The minimum Gasteiger partial charge on any atom is -0.461 e. The molecule has 142 valence electrons. The van der Waals surface area contributed by atoms with Crippen molar-refractivity contribution in [3.05, 3.63) is 12.2 Å². The van der Waals surface area contributed by atoms with E-state index in [0.29, 0.717) is 24.8 Å². The third kappa shape index (κ3) is 1.57. The second-order valence-corrected chi connectivity index (χ2v) is 9.71. The fourth-order valence-electron chi connectivity index (χ4n) is 7.40. The van der Waals surface area contributed by atoms with E-state index >= 15 is 0 Å². The van der Waals surface area contributed by atoms with E-state index < -0.39 is 53.2 Å². The van der Waals surface area contributed by atoms with Gasteiger partial charge in [-0.2, -0.15) is 0 Å². The van der Waals surface area contributed by atoms with E-state index in [9.17, 15) is 19.8 Å². The molecular weight excluding hydrogens is 336 g/mol. The third-order valence-electron chi connectivity index (χ3n) is 8.35. The first kappa shape index (κ1) is 16.9. The minimum absolute atomic E-state index is 0.0561. The number of carbonyl (C=O) groups is 2. The summed E-state index contributed by atoms with van der Waals surface area (Å²) in [6.07, 6.45) is 0.101. The van der Waals surface area contributed by atoms with Crippen LogP contribution in [0.1, 0.15) is 39.5 Å². The summed E-state index contributed by atoms with van der Waals surface area (Å²) in [6.45, 7) is 8.08. The van der Waals surface area contributed by atoms with Gasteiger partial charge in [0.15, 0.2) is 6.29 Å². The summed E-state index contributed by atoms with van der Waals surface area (Å²) < 4.78 is 11.9. The molecule has 3 saturated carbocycles. The maximum absolute atomic E-state index is 13.1. The zero-order valence-corrected chi connectivity index (χ0v) is 15.2. The molecule has 0 amide bonds. The molecule has 6 nitrogen and oxygen atoms in total. The summed E-state index contributed by atoms with van der Waals surface area (Å²) in [5.41, 5.74) is -1.94. The number of aliphatic hydroxyl groups excluding tert-OH is 2. The monoisotopic (exact) mass is 362 g/mol. The van der Waals surface area contributed by atoms with Gasteiger partial charge in [-0.1, -0.05) is 20.4 Å². The summed E-state index contributed by atoms with van der Waals surface area (Å²) >= 11 is 0. The Morgan fingerprint density at radius 3 is 2.69 bits per heavy atom. The van der Waals surface area contributed by atoms with Gasteiger partial charge in [-0.05, 0) is 42.6 Å². The first-order valence-electron chi connectivity index (χ1n) is 9.58. The predicted molar refractivity (Wildman–Crippen MR) is 89.6 cm³/mol. The fraction of sp³-hybridized carbons (Fsp3) is 0.800. The molecule has 5 rings (SSSR count). The van der Waals surface area contributed by atoms with E-state index in [1.54, 1.807) is 0 Å². The van der Waals surface area contributed by atoms with Crippen LogP contribution < -0.4 is 0 Å². The number of carbonyl (C=O) groups excluding carboxylic acids is 2. The fourth-order valence-corrected chi connectivity index (χ4v) is 7.40. The lowest BCUT2D eigenvalue weighted by atomic mass is 9.42. The molecule has 9 atom stereocenters. The molecule has 26 heavy (non-hydrogen) atoms. The Morgan fingerprint density at radius 1 is 1.27 bits per heavy atom. The highest BCUT2D eigenvalue weighted by molar-refractivity contribution is 5.84. The lowest BCUT2D eigenvalue weighted by Crippen LogP contribution is -2.76. The Bertz CT molecular complexity index is 715. The summed E-state index contributed by atoms with van der Waals surface area (Å²) in [5, 5.41) is 21.9. The molecule has 9 unspecified atom stereocenters. The van der Waals surface area contributed by atoms with Gasteiger partial charge in [0.1, 0.15) is 17.8 Å². The molecule has 1 spiro atoms. The van der Waals surface area contributed by atoms with Crippen LogP contribution in [0.2, 0.25) is 0 Å². The second-order valence-electron chi connectivity index (χ2n) is 9.71. The van der Waals surface area contributed by atoms with Crippen LogP contribution in [0.4, 0.5) is 0 Å². The SMILES string of the molecule is C=C1C2CC3OC(O)C4C(C)(C)CCC5OC(=O)C(C2)(C1O)C3C54C=O. The molecule has 0 radical (unpaired) electrons. The number of esters is 1. The summed E-state index contributed by atoms with van der Waals surface area (Å²) in [7, 11) is 0. The molecule has 0 aromatic heterocycles. The van der Waals surface area contributed by atoms with E-state index in [1.165, 1.54) is 0 Å². The molecule has 5 fully saturated rings. The molecule has 0 aromatic rings. The average Bonchev–Trinajstić information content (AvgIpc) is 2.77. The van der Waals surface area contributed by atoms with Crippen molar-refractivity contribution in [2.75, 3.05) is 0 Å². The number of hydrogen-bond donors (Lipinski definition) is 2. The van der Waals surface area contributed by atoms with Gasteiger partial charge < -0.3 is 24.5 Å². The van der Waals surface area contributed by atoms with Crippen LogP contribution in [0.25, 0.3) is 0 Å². The van der Waals surface area contributed by atoms with Crippen LogP contribution >= 0.6 is 0 Å². The van der Waals surface area contributed by atoms with Crippen molar-refractivity contribution in [2.45, 2.75) is 64.1 Å². The molecule has 2 aliphatic heterocycles. The van der Waals surface area contributed by atoms with Crippen LogP contribution in [0, 0.1) is 34.0 Å². The quantitative estimate of drug-likeness (QED) is 0.414. The van der Waals surface area contributed by atoms with Crippen molar-refractivity contribution in [2.24, 2.45) is 34.0 Å². The van der Waals surface area contributed by atoms with Crippen molar-refractivity contribution in [1.29, 1.82) is 0 Å². The largest absolute Gasteiger partial charge is 0.461 e. The molecule has 0 aromatic carbocycles. The lowest BCUT2D eigenvalue weighted by Gasteiger charge is -2.67. The summed E-state index contributed by atoms with van der Waals surface area (Å²) in [5.74, 6) is -1.45. The van der Waals surface area contributed by atoms with Crippen LogP contribution in [0.5, 0.6) is 0 Å². The number of aliphatic hydroxyl groups is 2. The lowest BCUT2D eigenvalue weighted by molar-refractivity contribution is -0.346. The third-order valence-corrected chi connectivity index (χ3v) is 8.35. The highest BCUT2D eigenvalue weighted by Crippen LogP contribution is 2.72. The van der Waals surface area contributed by atoms with Crippen LogP contribution in [-0.4, -0.2) is 47.1 Å². The number of fused-ring (bicyclic) bond motifs is 1. The van der Waals surface area contributed by atoms with E-state index in [-0.39, 0.29) is 11.3 Å². The Morgan fingerprint density at radius 2 is 2.00 bits per heavy atom. The van der Waals surface area contributed by atoms with Crippen molar-refractivity contribution in [1.82, 2.24) is 0 Å². The topological polar surface area (TPSA) is 93.1 Å². The van der Waals surface area contributed by atoms with Gasteiger partial charge in [0.2, 0.25) is 0 Å². The average molecular weight is 362 g/mol. The predicted octanol–water partition coefficient (Wildman–Crippen LogP) is 1.19. The van der Waals surface area contributed by atoms with E-state index in [1.807, 2.05) is 13.8 Å². The van der Waals surface area contributed by atoms with Gasteiger partial charge in [-0.25, -0.2) is 0 Å². The van der Waals surface area contributed by atoms with Gasteiger partial charge in [0, 0.05) is 11.8 Å². The Hall–Kier alpha value is -1.24. The van der Waals surface area contributed by atoms with Crippen molar-refractivity contribution >= 4 is 12.3 Å². The van der Waals surface area contributed by atoms with Gasteiger partial charge in [-0.3, -0.25) is 4.79 Å². The maximum atomic E-state index is 13.1. The van der Waals surface area contributed by atoms with Gasteiger partial charge in [0.05, 0.1) is 17.6 Å². The number of hydrogen-bond acceptors (Lipinski definition) is 6. The molecule has 2 bridgehead atoms. The Balaban J connectivity index is 1.78. The van der Waals surface area contributed by atoms with Gasteiger partial charge >= 0.3 is 5.97 Å². The van der Waals surface area contributed by atoms with Crippen LogP contribution in [0.15, 0.2) is 12.2 Å². The summed E-state index contributed by atoms with van der Waals surface area (Å²) in [4.78, 5) is 25.8. The van der Waals surface area contributed by atoms with E-state index in [4.69, 9.17) is 9.47 Å². The number of aldehydes is 1. The van der Waals surface area contributed by atoms with Gasteiger partial charge in [-0.15, -0.1) is 0 Å². The normalized spacial score (nSPS) is 56.5. The molecule has 2 heterocycles.